The summed E-state index contributed by atoms with van der Waals surface area (Å²) in [7, 11) is -2.32. The van der Waals surface area contributed by atoms with Gasteiger partial charge in [-0.05, 0) is 43.0 Å². The van der Waals surface area contributed by atoms with E-state index in [1.54, 1.807) is 6.07 Å². The smallest absolute Gasteiger partial charge is 0.244 e. The van der Waals surface area contributed by atoms with Gasteiger partial charge in [0.25, 0.3) is 0 Å². The molecule has 9 heteroatoms. The molecule has 0 radical (unpaired) electrons. The Morgan fingerprint density at radius 1 is 1.21 bits per heavy atom. The van der Waals surface area contributed by atoms with Crippen molar-refractivity contribution in [3.05, 3.63) is 54.1 Å². The van der Waals surface area contributed by atoms with Crippen LogP contribution in [0, 0.1) is 0 Å². The van der Waals surface area contributed by atoms with E-state index in [4.69, 9.17) is 10.5 Å². The molecule has 1 fully saturated rings. The van der Waals surface area contributed by atoms with Crippen LogP contribution in [-0.2, 0) is 21.2 Å². The zero-order chi connectivity index (χ0) is 19.4. The first-order chi connectivity index (χ1) is 12.9. The third kappa shape index (κ3) is 5.68. The first-order valence-electron chi connectivity index (χ1n) is 8.70. The molecule has 0 aromatic heterocycles. The molecule has 3 rings (SSSR count). The number of benzene rings is 2. The van der Waals surface area contributed by atoms with Crippen molar-refractivity contribution in [1.29, 1.82) is 0 Å². The minimum atomic E-state index is -3.72. The molecule has 0 saturated heterocycles. The standard InChI is InChI=1S/C19H23N3O4S.ClH/c1-26-17-10-9-15(12-18(17)27(24,25)22-14-7-8-14)21-19(23)16(20)11-13-5-3-2-4-6-13;/h2-6,9-10,12,14,16,22H,7-8,11,20H2,1H3,(H,21,23);1H/t16-;/m0./s1. The maximum atomic E-state index is 12.5. The number of rotatable bonds is 8. The predicted octanol–water partition coefficient (Wildman–Crippen LogP) is 2.07. The van der Waals surface area contributed by atoms with Crippen molar-refractivity contribution in [2.75, 3.05) is 12.4 Å². The zero-order valence-corrected chi connectivity index (χ0v) is 17.1. The Hall–Kier alpha value is -2.13. The van der Waals surface area contributed by atoms with Gasteiger partial charge in [-0.15, -0.1) is 12.4 Å². The van der Waals surface area contributed by atoms with Gasteiger partial charge >= 0.3 is 0 Å². The summed E-state index contributed by atoms with van der Waals surface area (Å²) in [6, 6.07) is 13.2. The molecule has 0 bridgehead atoms. The van der Waals surface area contributed by atoms with Gasteiger partial charge < -0.3 is 15.8 Å². The van der Waals surface area contributed by atoms with Crippen molar-refractivity contribution >= 4 is 34.0 Å². The van der Waals surface area contributed by atoms with E-state index in [9.17, 15) is 13.2 Å². The number of nitrogens with two attached hydrogens (primary N) is 1. The number of anilines is 1. The second-order valence-corrected chi connectivity index (χ2v) is 8.23. The third-order valence-corrected chi connectivity index (χ3v) is 5.80. The quantitative estimate of drug-likeness (QED) is 0.599. The zero-order valence-electron chi connectivity index (χ0n) is 15.4. The highest BCUT2D eigenvalue weighted by molar-refractivity contribution is 7.89. The molecule has 1 amide bonds. The third-order valence-electron chi connectivity index (χ3n) is 4.26. The van der Waals surface area contributed by atoms with Crippen molar-refractivity contribution in [1.82, 2.24) is 4.72 Å². The number of amides is 1. The monoisotopic (exact) mass is 425 g/mol. The second-order valence-electron chi connectivity index (χ2n) is 6.55. The van der Waals surface area contributed by atoms with Crippen molar-refractivity contribution in [2.45, 2.75) is 36.2 Å². The van der Waals surface area contributed by atoms with Crippen LogP contribution >= 0.6 is 12.4 Å². The lowest BCUT2D eigenvalue weighted by molar-refractivity contribution is -0.117. The van der Waals surface area contributed by atoms with Gasteiger partial charge in [-0.1, -0.05) is 30.3 Å². The van der Waals surface area contributed by atoms with E-state index in [0.717, 1.165) is 18.4 Å². The molecule has 4 N–H and O–H groups in total. The summed E-state index contributed by atoms with van der Waals surface area (Å²) in [6.45, 7) is 0. The second kappa shape index (κ2) is 9.38. The number of carbonyl (C=O) groups excluding carboxylic acids is 1. The van der Waals surface area contributed by atoms with Gasteiger partial charge in [0.15, 0.2) is 0 Å². The number of halogens is 1. The fourth-order valence-corrected chi connectivity index (χ4v) is 4.14. The van der Waals surface area contributed by atoms with E-state index >= 15 is 0 Å². The van der Waals surface area contributed by atoms with Gasteiger partial charge in [0.2, 0.25) is 15.9 Å². The van der Waals surface area contributed by atoms with Crippen molar-refractivity contribution in [3.8, 4) is 5.75 Å². The van der Waals surface area contributed by atoms with E-state index in [-0.39, 0.29) is 35.0 Å². The van der Waals surface area contributed by atoms with Crippen LogP contribution in [0.5, 0.6) is 5.75 Å². The SMILES string of the molecule is COc1ccc(NC(=O)[C@@H](N)Cc2ccccc2)cc1S(=O)(=O)NC1CC1.Cl. The van der Waals surface area contributed by atoms with Crippen LogP contribution in [-0.4, -0.2) is 33.5 Å². The summed E-state index contributed by atoms with van der Waals surface area (Å²) < 4.78 is 32.9. The number of nitrogens with one attached hydrogen (secondary N) is 2. The van der Waals surface area contributed by atoms with Gasteiger partial charge in [0, 0.05) is 11.7 Å². The molecular formula is C19H24ClN3O4S. The van der Waals surface area contributed by atoms with Crippen LogP contribution < -0.4 is 20.5 Å². The lowest BCUT2D eigenvalue weighted by Crippen LogP contribution is -2.37. The summed E-state index contributed by atoms with van der Waals surface area (Å²) in [5.41, 5.74) is 7.28. The maximum Gasteiger partial charge on any atom is 0.244 e. The molecule has 1 atom stereocenters. The lowest BCUT2D eigenvalue weighted by Gasteiger charge is -2.15. The van der Waals surface area contributed by atoms with Crippen molar-refractivity contribution in [2.24, 2.45) is 5.73 Å². The summed E-state index contributed by atoms with van der Waals surface area (Å²) >= 11 is 0. The van der Waals surface area contributed by atoms with Crippen LogP contribution in [0.2, 0.25) is 0 Å². The molecule has 28 heavy (non-hydrogen) atoms. The summed E-state index contributed by atoms with van der Waals surface area (Å²) in [5, 5.41) is 2.68. The van der Waals surface area contributed by atoms with Crippen LogP contribution in [0.3, 0.4) is 0 Å². The van der Waals surface area contributed by atoms with Gasteiger partial charge in [-0.3, -0.25) is 4.79 Å². The fourth-order valence-electron chi connectivity index (χ4n) is 2.64. The molecule has 1 saturated carbocycles. The average molecular weight is 426 g/mol. The Morgan fingerprint density at radius 2 is 1.89 bits per heavy atom. The molecule has 1 aliphatic rings. The number of ether oxygens (including phenoxy) is 1. The van der Waals surface area contributed by atoms with E-state index in [1.165, 1.54) is 19.2 Å². The van der Waals surface area contributed by atoms with E-state index in [1.807, 2.05) is 30.3 Å². The minimum absolute atomic E-state index is 0. The Morgan fingerprint density at radius 3 is 2.50 bits per heavy atom. The predicted molar refractivity (Wildman–Crippen MR) is 110 cm³/mol. The molecule has 2 aromatic carbocycles. The maximum absolute atomic E-state index is 12.5. The van der Waals surface area contributed by atoms with E-state index < -0.39 is 16.1 Å². The molecule has 0 unspecified atom stereocenters. The van der Waals surface area contributed by atoms with Crippen molar-refractivity contribution in [3.63, 3.8) is 0 Å². The number of hydrogen-bond donors (Lipinski definition) is 3. The number of hydrogen-bond acceptors (Lipinski definition) is 5. The molecular weight excluding hydrogens is 402 g/mol. The van der Waals surface area contributed by atoms with Crippen LogP contribution in [0.15, 0.2) is 53.4 Å². The highest BCUT2D eigenvalue weighted by Crippen LogP contribution is 2.29. The highest BCUT2D eigenvalue weighted by Gasteiger charge is 2.30. The molecule has 152 valence electrons. The molecule has 7 nitrogen and oxygen atoms in total. The lowest BCUT2D eigenvalue weighted by atomic mass is 10.1. The highest BCUT2D eigenvalue weighted by atomic mass is 35.5. The molecule has 0 spiro atoms. The van der Waals surface area contributed by atoms with Crippen LogP contribution in [0.25, 0.3) is 0 Å². The average Bonchev–Trinajstić information content (AvgIpc) is 3.45. The van der Waals surface area contributed by atoms with Gasteiger partial charge in [0.05, 0.1) is 13.2 Å². The first kappa shape index (κ1) is 22.2. The minimum Gasteiger partial charge on any atom is -0.495 e. The number of carbonyl (C=O) groups is 1. The largest absolute Gasteiger partial charge is 0.495 e. The van der Waals surface area contributed by atoms with Gasteiger partial charge in [-0.25, -0.2) is 13.1 Å². The van der Waals surface area contributed by atoms with Crippen LogP contribution in [0.1, 0.15) is 18.4 Å². The van der Waals surface area contributed by atoms with Crippen LogP contribution in [0.4, 0.5) is 5.69 Å². The molecule has 0 aliphatic heterocycles. The first-order valence-corrected chi connectivity index (χ1v) is 10.2. The van der Waals surface area contributed by atoms with E-state index in [0.29, 0.717) is 12.1 Å². The molecule has 2 aromatic rings. The Labute approximate surface area is 171 Å². The Balaban J connectivity index is 0.00000280. The summed E-state index contributed by atoms with van der Waals surface area (Å²) in [6.07, 6.45) is 2.04. The molecule has 0 heterocycles. The number of methoxy groups -OCH3 is 1. The Bertz CT molecular complexity index is 918. The fraction of sp³-hybridized carbons (Fsp3) is 0.316. The summed E-state index contributed by atoms with van der Waals surface area (Å²) in [4.78, 5) is 12.4. The Kier molecular flexibility index (Phi) is 7.42. The number of sulfonamides is 1. The van der Waals surface area contributed by atoms with Crippen molar-refractivity contribution < 1.29 is 17.9 Å². The normalized spacial score (nSPS) is 14.6. The topological polar surface area (TPSA) is 111 Å². The van der Waals surface area contributed by atoms with Gasteiger partial charge in [-0.2, -0.15) is 0 Å². The van der Waals surface area contributed by atoms with E-state index in [2.05, 4.69) is 10.0 Å². The summed E-state index contributed by atoms with van der Waals surface area (Å²) in [5.74, 6) is -0.169. The molecule has 1 aliphatic carbocycles. The van der Waals surface area contributed by atoms with Gasteiger partial charge in [0.1, 0.15) is 10.6 Å².